The molecule has 0 spiro atoms. The smallest absolute Gasteiger partial charge is 0.364 e. The number of rotatable bonds is 5. The number of hydrogen-bond acceptors (Lipinski definition) is 4. The average Bonchev–Trinajstić information content (AvgIpc) is 3.02. The fraction of sp³-hybridized carbons (Fsp3) is 0.923. The Labute approximate surface area is 122 Å². The van der Waals surface area contributed by atoms with Gasteiger partial charge in [-0.1, -0.05) is 0 Å². The molecule has 3 N–H and O–H groups in total. The predicted octanol–water partition coefficient (Wildman–Crippen LogP) is 0.493. The summed E-state index contributed by atoms with van der Waals surface area (Å²) in [7, 11) is 0. The number of likely N-dealkylation sites (tertiary alicyclic amines) is 1. The second kappa shape index (κ2) is 6.93. The molecule has 0 aliphatic carbocycles. The molecule has 0 saturated carbocycles. The van der Waals surface area contributed by atoms with Gasteiger partial charge in [0.05, 0.1) is 12.6 Å². The van der Waals surface area contributed by atoms with Crippen molar-refractivity contribution in [1.82, 2.24) is 10.2 Å². The number of nitrogens with zero attached hydrogens (tertiary/aromatic N) is 1. The van der Waals surface area contributed by atoms with Crippen molar-refractivity contribution >= 4 is 5.91 Å². The quantitative estimate of drug-likeness (QED) is 0.776. The van der Waals surface area contributed by atoms with Crippen molar-refractivity contribution in [3.8, 4) is 0 Å². The number of ether oxygens (including phenoxy) is 1. The fourth-order valence-electron chi connectivity index (χ4n) is 2.91. The highest BCUT2D eigenvalue weighted by molar-refractivity contribution is 5.81. The third-order valence-corrected chi connectivity index (χ3v) is 4.00. The van der Waals surface area contributed by atoms with Gasteiger partial charge in [0, 0.05) is 19.6 Å². The number of carbonyl (C=O) groups is 1. The monoisotopic (exact) mass is 309 g/mol. The standard InChI is InChI=1S/C13H22F3N3O2/c14-13(15,16)8-19-4-3-9(7-19)6-18-12(20)11-2-1-10(5-17)21-11/h9-11H,1-8,17H2,(H,18,20). The van der Waals surface area contributed by atoms with Crippen molar-refractivity contribution in [1.29, 1.82) is 0 Å². The maximum Gasteiger partial charge on any atom is 0.401 e. The number of halogens is 3. The number of carbonyl (C=O) groups excluding carboxylic acids is 1. The van der Waals surface area contributed by atoms with E-state index in [9.17, 15) is 18.0 Å². The second-order valence-corrected chi connectivity index (χ2v) is 5.81. The van der Waals surface area contributed by atoms with Crippen LogP contribution in [0.1, 0.15) is 19.3 Å². The molecule has 0 bridgehead atoms. The third-order valence-electron chi connectivity index (χ3n) is 4.00. The summed E-state index contributed by atoms with van der Waals surface area (Å²) in [5.74, 6) is -0.108. The van der Waals surface area contributed by atoms with Gasteiger partial charge in [0.2, 0.25) is 5.91 Å². The molecule has 1 amide bonds. The highest BCUT2D eigenvalue weighted by Crippen LogP contribution is 2.23. The molecule has 5 nitrogen and oxygen atoms in total. The Bertz CT molecular complexity index is 365. The van der Waals surface area contributed by atoms with E-state index in [-0.39, 0.29) is 17.9 Å². The van der Waals surface area contributed by atoms with Crippen LogP contribution in [0.2, 0.25) is 0 Å². The Kier molecular flexibility index (Phi) is 5.45. The molecule has 2 rings (SSSR count). The Balaban J connectivity index is 1.66. The van der Waals surface area contributed by atoms with Gasteiger partial charge in [-0.05, 0) is 31.7 Å². The lowest BCUT2D eigenvalue weighted by Crippen LogP contribution is -2.39. The highest BCUT2D eigenvalue weighted by atomic mass is 19.4. The Morgan fingerprint density at radius 2 is 2.10 bits per heavy atom. The lowest BCUT2D eigenvalue weighted by atomic mass is 10.1. The van der Waals surface area contributed by atoms with Gasteiger partial charge < -0.3 is 15.8 Å². The second-order valence-electron chi connectivity index (χ2n) is 5.81. The first-order valence-electron chi connectivity index (χ1n) is 7.29. The zero-order valence-corrected chi connectivity index (χ0v) is 11.9. The molecule has 0 aromatic rings. The van der Waals surface area contributed by atoms with Crippen LogP contribution in [0.15, 0.2) is 0 Å². The number of hydrogen-bond donors (Lipinski definition) is 2. The average molecular weight is 309 g/mol. The lowest BCUT2D eigenvalue weighted by Gasteiger charge is -2.18. The molecule has 2 aliphatic rings. The Morgan fingerprint density at radius 3 is 2.71 bits per heavy atom. The predicted molar refractivity (Wildman–Crippen MR) is 70.6 cm³/mol. The van der Waals surface area contributed by atoms with Crippen LogP contribution in [-0.4, -0.2) is 61.9 Å². The number of alkyl halides is 3. The van der Waals surface area contributed by atoms with Crippen LogP contribution >= 0.6 is 0 Å². The van der Waals surface area contributed by atoms with Crippen LogP contribution in [0.25, 0.3) is 0 Å². The van der Waals surface area contributed by atoms with Gasteiger partial charge in [-0.15, -0.1) is 0 Å². The molecule has 122 valence electrons. The van der Waals surface area contributed by atoms with Gasteiger partial charge in [0.25, 0.3) is 0 Å². The van der Waals surface area contributed by atoms with E-state index in [4.69, 9.17) is 10.5 Å². The molecular formula is C13H22F3N3O2. The molecule has 2 saturated heterocycles. The van der Waals surface area contributed by atoms with E-state index in [0.29, 0.717) is 39.0 Å². The molecule has 0 aromatic carbocycles. The van der Waals surface area contributed by atoms with Crippen LogP contribution in [0.3, 0.4) is 0 Å². The zero-order chi connectivity index (χ0) is 15.5. The van der Waals surface area contributed by atoms with Crippen LogP contribution < -0.4 is 11.1 Å². The normalized spacial score (nSPS) is 30.8. The molecule has 3 atom stereocenters. The lowest BCUT2D eigenvalue weighted by molar-refractivity contribution is -0.144. The molecule has 2 aliphatic heterocycles. The van der Waals surface area contributed by atoms with Crippen LogP contribution in [0.4, 0.5) is 13.2 Å². The zero-order valence-electron chi connectivity index (χ0n) is 11.9. The summed E-state index contributed by atoms with van der Waals surface area (Å²) < 4.78 is 42.3. The van der Waals surface area contributed by atoms with Crippen molar-refractivity contribution in [2.45, 2.75) is 37.6 Å². The number of nitrogens with two attached hydrogens (primary N) is 1. The topological polar surface area (TPSA) is 67.6 Å². The minimum Gasteiger partial charge on any atom is -0.364 e. The summed E-state index contributed by atoms with van der Waals surface area (Å²) in [4.78, 5) is 13.3. The van der Waals surface area contributed by atoms with Gasteiger partial charge in [-0.2, -0.15) is 13.2 Å². The van der Waals surface area contributed by atoms with Crippen LogP contribution in [-0.2, 0) is 9.53 Å². The molecule has 2 fully saturated rings. The molecule has 3 unspecified atom stereocenters. The molecular weight excluding hydrogens is 287 g/mol. The first kappa shape index (κ1) is 16.5. The summed E-state index contributed by atoms with van der Waals surface area (Å²) in [5, 5.41) is 2.78. The molecule has 2 heterocycles. The highest BCUT2D eigenvalue weighted by Gasteiger charge is 2.35. The van der Waals surface area contributed by atoms with Crippen molar-refractivity contribution in [2.75, 3.05) is 32.7 Å². The first-order chi connectivity index (χ1) is 9.87. The maximum absolute atomic E-state index is 12.3. The van der Waals surface area contributed by atoms with Crippen LogP contribution in [0, 0.1) is 5.92 Å². The summed E-state index contributed by atoms with van der Waals surface area (Å²) in [6.07, 6.45) is -2.59. The van der Waals surface area contributed by atoms with E-state index in [2.05, 4.69) is 5.32 Å². The summed E-state index contributed by atoms with van der Waals surface area (Å²) in [6.45, 7) is 0.729. The minimum atomic E-state index is -4.16. The summed E-state index contributed by atoms with van der Waals surface area (Å²) in [5.41, 5.74) is 5.48. The van der Waals surface area contributed by atoms with Crippen molar-refractivity contribution < 1.29 is 22.7 Å². The van der Waals surface area contributed by atoms with Gasteiger partial charge >= 0.3 is 6.18 Å². The molecule has 0 radical (unpaired) electrons. The third kappa shape index (κ3) is 5.12. The fourth-order valence-corrected chi connectivity index (χ4v) is 2.91. The first-order valence-corrected chi connectivity index (χ1v) is 7.29. The minimum absolute atomic E-state index is 0.0606. The van der Waals surface area contributed by atoms with E-state index in [1.54, 1.807) is 0 Å². The van der Waals surface area contributed by atoms with Crippen molar-refractivity contribution in [2.24, 2.45) is 11.7 Å². The molecule has 0 aromatic heterocycles. The van der Waals surface area contributed by atoms with E-state index >= 15 is 0 Å². The number of nitrogens with one attached hydrogen (secondary N) is 1. The Hall–Kier alpha value is -0.860. The van der Waals surface area contributed by atoms with E-state index in [1.165, 1.54) is 4.90 Å². The maximum atomic E-state index is 12.3. The molecule has 21 heavy (non-hydrogen) atoms. The van der Waals surface area contributed by atoms with Gasteiger partial charge in [0.1, 0.15) is 6.10 Å². The summed E-state index contributed by atoms with van der Waals surface area (Å²) >= 11 is 0. The van der Waals surface area contributed by atoms with Crippen LogP contribution in [0.5, 0.6) is 0 Å². The molecule has 8 heteroatoms. The van der Waals surface area contributed by atoms with Gasteiger partial charge in [-0.25, -0.2) is 0 Å². The summed E-state index contributed by atoms with van der Waals surface area (Å²) in [6, 6.07) is 0. The van der Waals surface area contributed by atoms with Crippen molar-refractivity contribution in [3.05, 3.63) is 0 Å². The number of amides is 1. The van der Waals surface area contributed by atoms with Crippen molar-refractivity contribution in [3.63, 3.8) is 0 Å². The van der Waals surface area contributed by atoms with E-state index in [0.717, 1.165) is 6.42 Å². The van der Waals surface area contributed by atoms with Gasteiger partial charge in [-0.3, -0.25) is 9.69 Å². The van der Waals surface area contributed by atoms with E-state index in [1.807, 2.05) is 0 Å². The largest absolute Gasteiger partial charge is 0.401 e. The SMILES string of the molecule is NCC1CCC(C(=O)NCC2CCN(CC(F)(F)F)C2)O1. The Morgan fingerprint density at radius 1 is 1.33 bits per heavy atom. The van der Waals surface area contributed by atoms with E-state index < -0.39 is 18.8 Å². The van der Waals surface area contributed by atoms with Gasteiger partial charge in [0.15, 0.2) is 0 Å².